The molecule has 2 nitrogen and oxygen atoms in total. The number of ether oxygens (including phenoxy) is 1. The molecule has 1 aromatic heterocycles. The van der Waals surface area contributed by atoms with Gasteiger partial charge < -0.3 is 4.74 Å². The predicted molar refractivity (Wildman–Crippen MR) is 85.9 cm³/mol. The molecule has 0 fully saturated rings. The Labute approximate surface area is 130 Å². The summed E-state index contributed by atoms with van der Waals surface area (Å²) in [7, 11) is 0. The van der Waals surface area contributed by atoms with Crippen LogP contribution in [0, 0.1) is 0 Å². The second kappa shape index (κ2) is 5.81. The third-order valence-corrected chi connectivity index (χ3v) is 3.91. The van der Waals surface area contributed by atoms with Crippen molar-refractivity contribution in [1.82, 2.24) is 4.98 Å². The van der Waals surface area contributed by atoms with Gasteiger partial charge in [0.1, 0.15) is 11.5 Å². The zero-order chi connectivity index (χ0) is 13.9. The number of alkyl halides is 1. The van der Waals surface area contributed by atoms with E-state index in [0.29, 0.717) is 16.1 Å². The summed E-state index contributed by atoms with van der Waals surface area (Å²) in [5.41, 5.74) is 1.91. The van der Waals surface area contributed by atoms with Gasteiger partial charge in [-0.05, 0) is 30.3 Å². The SMILES string of the molecule is Clc1cccc(CBr)c1Oc1cccc2ncccc12. The normalized spacial score (nSPS) is 10.7. The summed E-state index contributed by atoms with van der Waals surface area (Å²) in [5.74, 6) is 1.44. The Morgan fingerprint density at radius 3 is 2.75 bits per heavy atom. The van der Waals surface area contributed by atoms with Crippen molar-refractivity contribution in [1.29, 1.82) is 0 Å². The van der Waals surface area contributed by atoms with Crippen LogP contribution in [0.2, 0.25) is 5.02 Å². The van der Waals surface area contributed by atoms with E-state index in [1.54, 1.807) is 6.20 Å². The van der Waals surface area contributed by atoms with Gasteiger partial charge >= 0.3 is 0 Å². The quantitative estimate of drug-likeness (QED) is 0.577. The third kappa shape index (κ3) is 2.51. The summed E-state index contributed by atoms with van der Waals surface area (Å²) < 4.78 is 6.04. The molecule has 1 heterocycles. The average molecular weight is 349 g/mol. The van der Waals surface area contributed by atoms with Crippen molar-refractivity contribution in [2.45, 2.75) is 5.33 Å². The van der Waals surface area contributed by atoms with E-state index in [-0.39, 0.29) is 0 Å². The van der Waals surface area contributed by atoms with Crippen LogP contribution in [-0.2, 0) is 5.33 Å². The Balaban J connectivity index is 2.10. The first-order valence-electron chi connectivity index (χ1n) is 6.14. The molecule has 0 radical (unpaired) electrons. The number of halogens is 2. The molecule has 100 valence electrons. The Morgan fingerprint density at radius 2 is 1.90 bits per heavy atom. The molecule has 3 rings (SSSR count). The van der Waals surface area contributed by atoms with Crippen molar-refractivity contribution in [3.8, 4) is 11.5 Å². The third-order valence-electron chi connectivity index (χ3n) is 3.01. The molecule has 0 amide bonds. The summed E-state index contributed by atoms with van der Waals surface area (Å²) >= 11 is 9.70. The van der Waals surface area contributed by atoms with Gasteiger partial charge in [0, 0.05) is 22.5 Å². The summed E-state index contributed by atoms with van der Waals surface area (Å²) in [6.07, 6.45) is 1.77. The van der Waals surface area contributed by atoms with Crippen LogP contribution in [0.15, 0.2) is 54.7 Å². The number of aromatic nitrogens is 1. The molecule has 2 aromatic carbocycles. The molecule has 0 aliphatic carbocycles. The summed E-state index contributed by atoms with van der Waals surface area (Å²) in [4.78, 5) is 4.33. The lowest BCUT2D eigenvalue weighted by Crippen LogP contribution is -1.92. The zero-order valence-electron chi connectivity index (χ0n) is 10.5. The zero-order valence-corrected chi connectivity index (χ0v) is 12.9. The van der Waals surface area contributed by atoms with Crippen molar-refractivity contribution in [2.75, 3.05) is 0 Å². The molecule has 0 spiro atoms. The van der Waals surface area contributed by atoms with Crippen molar-refractivity contribution < 1.29 is 4.74 Å². The Bertz CT molecular complexity index is 755. The van der Waals surface area contributed by atoms with Crippen molar-refractivity contribution in [3.05, 3.63) is 65.3 Å². The Morgan fingerprint density at radius 1 is 1.05 bits per heavy atom. The molecule has 4 heteroatoms. The minimum atomic E-state index is 0.600. The maximum atomic E-state index is 6.25. The van der Waals surface area contributed by atoms with Gasteiger partial charge in [-0.15, -0.1) is 0 Å². The molecule has 20 heavy (non-hydrogen) atoms. The van der Waals surface area contributed by atoms with Crippen molar-refractivity contribution in [3.63, 3.8) is 0 Å². The van der Waals surface area contributed by atoms with Crippen LogP contribution in [-0.4, -0.2) is 4.98 Å². The second-order valence-electron chi connectivity index (χ2n) is 4.29. The number of fused-ring (bicyclic) bond motifs is 1. The lowest BCUT2D eigenvalue weighted by atomic mass is 10.2. The number of para-hydroxylation sites is 1. The standard InChI is InChI=1S/C16H11BrClNO/c17-10-11-4-1-6-13(18)16(11)20-15-8-2-7-14-12(15)5-3-9-19-14/h1-9H,10H2. The van der Waals surface area contributed by atoms with Crippen LogP contribution < -0.4 is 4.74 Å². The number of rotatable bonds is 3. The fourth-order valence-electron chi connectivity index (χ4n) is 2.05. The second-order valence-corrected chi connectivity index (χ2v) is 5.26. The van der Waals surface area contributed by atoms with E-state index in [9.17, 15) is 0 Å². The smallest absolute Gasteiger partial charge is 0.150 e. The highest BCUT2D eigenvalue weighted by molar-refractivity contribution is 9.08. The van der Waals surface area contributed by atoms with E-state index in [4.69, 9.17) is 16.3 Å². The van der Waals surface area contributed by atoms with Crippen LogP contribution in [0.25, 0.3) is 10.9 Å². The first-order valence-corrected chi connectivity index (χ1v) is 7.64. The molecular weight excluding hydrogens is 338 g/mol. The van der Waals surface area contributed by atoms with Gasteiger partial charge in [0.05, 0.1) is 10.5 Å². The first-order chi connectivity index (χ1) is 9.79. The fraction of sp³-hybridized carbons (Fsp3) is 0.0625. The highest BCUT2D eigenvalue weighted by Gasteiger charge is 2.10. The largest absolute Gasteiger partial charge is 0.455 e. The molecule has 0 bridgehead atoms. The van der Waals surface area contributed by atoms with Crippen molar-refractivity contribution in [2.24, 2.45) is 0 Å². The number of benzene rings is 2. The van der Waals surface area contributed by atoms with Gasteiger partial charge in [-0.3, -0.25) is 4.98 Å². The average Bonchev–Trinajstić information content (AvgIpc) is 2.49. The Kier molecular flexibility index (Phi) is 3.90. The molecule has 3 aromatic rings. The highest BCUT2D eigenvalue weighted by Crippen LogP contribution is 2.36. The van der Waals surface area contributed by atoms with Gasteiger partial charge in [-0.2, -0.15) is 0 Å². The molecule has 0 saturated carbocycles. The van der Waals surface area contributed by atoms with Crippen LogP contribution in [0.1, 0.15) is 5.56 Å². The lowest BCUT2D eigenvalue weighted by molar-refractivity contribution is 0.484. The lowest BCUT2D eigenvalue weighted by Gasteiger charge is -2.13. The van der Waals surface area contributed by atoms with Gasteiger partial charge in [0.15, 0.2) is 0 Å². The van der Waals surface area contributed by atoms with E-state index in [1.165, 1.54) is 0 Å². The molecular formula is C16H11BrClNO. The fourth-order valence-corrected chi connectivity index (χ4v) is 2.72. The van der Waals surface area contributed by atoms with Gasteiger partial charge in [-0.1, -0.05) is 45.7 Å². The summed E-state index contributed by atoms with van der Waals surface area (Å²) in [5, 5.41) is 2.25. The van der Waals surface area contributed by atoms with E-state index >= 15 is 0 Å². The monoisotopic (exact) mass is 347 g/mol. The minimum absolute atomic E-state index is 0.600. The Hall–Kier alpha value is -1.58. The topological polar surface area (TPSA) is 22.1 Å². The maximum absolute atomic E-state index is 6.25. The number of nitrogens with zero attached hydrogens (tertiary/aromatic N) is 1. The molecule has 0 unspecified atom stereocenters. The predicted octanol–water partition coefficient (Wildman–Crippen LogP) is 5.58. The molecule has 0 aliphatic rings. The van der Waals surface area contributed by atoms with E-state index in [1.807, 2.05) is 48.5 Å². The first kappa shape index (κ1) is 13.4. The minimum Gasteiger partial charge on any atom is -0.455 e. The summed E-state index contributed by atoms with van der Waals surface area (Å²) in [6, 6.07) is 15.4. The van der Waals surface area contributed by atoms with E-state index < -0.39 is 0 Å². The number of pyridine rings is 1. The molecule has 0 aliphatic heterocycles. The van der Waals surface area contributed by atoms with Gasteiger partial charge in [0.25, 0.3) is 0 Å². The number of hydrogen-bond acceptors (Lipinski definition) is 2. The van der Waals surface area contributed by atoms with Crippen molar-refractivity contribution >= 4 is 38.4 Å². The van der Waals surface area contributed by atoms with E-state index in [2.05, 4.69) is 20.9 Å². The molecule has 0 saturated heterocycles. The van der Waals surface area contributed by atoms with Crippen LogP contribution in [0.5, 0.6) is 11.5 Å². The van der Waals surface area contributed by atoms with Gasteiger partial charge in [-0.25, -0.2) is 0 Å². The highest BCUT2D eigenvalue weighted by atomic mass is 79.9. The molecule has 0 N–H and O–H groups in total. The maximum Gasteiger partial charge on any atom is 0.150 e. The van der Waals surface area contributed by atoms with Crippen LogP contribution >= 0.6 is 27.5 Å². The van der Waals surface area contributed by atoms with Crippen LogP contribution in [0.4, 0.5) is 0 Å². The summed E-state index contributed by atoms with van der Waals surface area (Å²) in [6.45, 7) is 0. The van der Waals surface area contributed by atoms with Gasteiger partial charge in [0.2, 0.25) is 0 Å². The van der Waals surface area contributed by atoms with Crippen LogP contribution in [0.3, 0.4) is 0 Å². The number of hydrogen-bond donors (Lipinski definition) is 0. The molecule has 0 atom stereocenters. The van der Waals surface area contributed by atoms with E-state index in [0.717, 1.165) is 22.2 Å².